The van der Waals surface area contributed by atoms with Gasteiger partial charge in [0.1, 0.15) is 0 Å². The summed E-state index contributed by atoms with van der Waals surface area (Å²) in [6.07, 6.45) is 0. The van der Waals surface area contributed by atoms with Crippen molar-refractivity contribution < 1.29 is 9.90 Å². The molecule has 0 bridgehead atoms. The third-order valence-electron chi connectivity index (χ3n) is 1.82. The lowest BCUT2D eigenvalue weighted by Gasteiger charge is -1.97. The Morgan fingerprint density at radius 3 is 2.71 bits per heavy atom. The van der Waals surface area contributed by atoms with E-state index in [9.17, 15) is 9.59 Å². The van der Waals surface area contributed by atoms with E-state index >= 15 is 0 Å². The van der Waals surface area contributed by atoms with Crippen molar-refractivity contribution in [3.05, 3.63) is 32.7 Å². The van der Waals surface area contributed by atoms with Gasteiger partial charge in [0.05, 0.1) is 16.6 Å². The number of hydrogen-bond acceptors (Lipinski definition) is 2. The first-order chi connectivity index (χ1) is 6.58. The lowest BCUT2D eigenvalue weighted by Crippen LogP contribution is -2.01. The lowest BCUT2D eigenvalue weighted by atomic mass is 10.2. The number of hydrogen-bond donors (Lipinski definition) is 3. The average molecular weight is 257 g/mol. The first kappa shape index (κ1) is 9.01. The Morgan fingerprint density at radius 1 is 1.36 bits per heavy atom. The molecule has 14 heavy (non-hydrogen) atoms. The van der Waals surface area contributed by atoms with Crippen molar-refractivity contribution in [2.75, 3.05) is 0 Å². The smallest absolute Gasteiger partial charge is 0.337 e. The summed E-state index contributed by atoms with van der Waals surface area (Å²) < 4.78 is 0.609. The van der Waals surface area contributed by atoms with Crippen LogP contribution in [0.3, 0.4) is 0 Å². The van der Waals surface area contributed by atoms with Crippen LogP contribution in [0.5, 0.6) is 0 Å². The SMILES string of the molecule is O=C(O)c1cc(Br)cc2[nH]c(=O)[nH]c12. The molecule has 2 rings (SSSR count). The van der Waals surface area contributed by atoms with Crippen LogP contribution in [0.1, 0.15) is 10.4 Å². The van der Waals surface area contributed by atoms with Gasteiger partial charge in [-0.15, -0.1) is 0 Å². The molecule has 0 aliphatic carbocycles. The second kappa shape index (κ2) is 2.98. The number of aromatic nitrogens is 2. The summed E-state index contributed by atoms with van der Waals surface area (Å²) in [5.74, 6) is -1.08. The molecule has 0 spiro atoms. The van der Waals surface area contributed by atoms with Crippen LogP contribution in [-0.4, -0.2) is 21.0 Å². The van der Waals surface area contributed by atoms with Gasteiger partial charge in [0.2, 0.25) is 0 Å². The zero-order chi connectivity index (χ0) is 10.3. The van der Waals surface area contributed by atoms with Crippen molar-refractivity contribution in [3.63, 3.8) is 0 Å². The number of benzene rings is 1. The molecule has 0 aliphatic heterocycles. The minimum atomic E-state index is -1.08. The number of carboxylic acid groups (broad SMARTS) is 1. The van der Waals surface area contributed by atoms with Gasteiger partial charge in [-0.25, -0.2) is 9.59 Å². The second-order valence-corrected chi connectivity index (χ2v) is 3.68. The van der Waals surface area contributed by atoms with E-state index in [-0.39, 0.29) is 5.56 Å². The minimum absolute atomic E-state index is 0.0627. The van der Waals surface area contributed by atoms with Crippen molar-refractivity contribution in [1.29, 1.82) is 0 Å². The van der Waals surface area contributed by atoms with Gasteiger partial charge in [-0.2, -0.15) is 0 Å². The van der Waals surface area contributed by atoms with E-state index in [4.69, 9.17) is 5.11 Å². The van der Waals surface area contributed by atoms with Gasteiger partial charge in [-0.05, 0) is 12.1 Å². The molecule has 2 aromatic rings. The van der Waals surface area contributed by atoms with Crippen molar-refractivity contribution in [1.82, 2.24) is 9.97 Å². The standard InChI is InChI=1S/C8H5BrN2O3/c9-3-1-4(7(12)13)6-5(2-3)10-8(14)11-6/h1-2H,(H,12,13)(H2,10,11,14). The molecule has 1 aromatic heterocycles. The number of aromatic carboxylic acids is 1. The highest BCUT2D eigenvalue weighted by Gasteiger charge is 2.11. The van der Waals surface area contributed by atoms with E-state index in [1.807, 2.05) is 0 Å². The van der Waals surface area contributed by atoms with Crippen LogP contribution in [-0.2, 0) is 0 Å². The molecule has 0 atom stereocenters. The summed E-state index contributed by atoms with van der Waals surface area (Å²) in [4.78, 5) is 26.7. The molecule has 0 aliphatic rings. The number of H-pyrrole nitrogens is 2. The third-order valence-corrected chi connectivity index (χ3v) is 2.28. The summed E-state index contributed by atoms with van der Waals surface area (Å²) in [5, 5.41) is 8.86. The van der Waals surface area contributed by atoms with Gasteiger partial charge in [-0.1, -0.05) is 15.9 Å². The number of halogens is 1. The maximum atomic E-state index is 11.0. The number of aromatic amines is 2. The third kappa shape index (κ3) is 1.33. The summed E-state index contributed by atoms with van der Waals surface area (Å²) in [6, 6.07) is 3.08. The largest absolute Gasteiger partial charge is 0.478 e. The van der Waals surface area contributed by atoms with Crippen molar-refractivity contribution in [2.24, 2.45) is 0 Å². The first-order valence-electron chi connectivity index (χ1n) is 3.73. The number of fused-ring (bicyclic) bond motifs is 1. The quantitative estimate of drug-likeness (QED) is 0.720. The van der Waals surface area contributed by atoms with E-state index in [0.29, 0.717) is 15.5 Å². The molecule has 0 amide bonds. The molecule has 5 nitrogen and oxygen atoms in total. The molecule has 72 valence electrons. The normalized spacial score (nSPS) is 10.6. The average Bonchev–Trinajstić information content (AvgIpc) is 2.42. The summed E-state index contributed by atoms with van der Waals surface area (Å²) >= 11 is 3.16. The second-order valence-electron chi connectivity index (χ2n) is 2.76. The fraction of sp³-hybridized carbons (Fsp3) is 0. The highest BCUT2D eigenvalue weighted by atomic mass is 79.9. The van der Waals surface area contributed by atoms with Gasteiger partial charge in [0.15, 0.2) is 0 Å². The van der Waals surface area contributed by atoms with Gasteiger partial charge in [0.25, 0.3) is 0 Å². The van der Waals surface area contributed by atoms with Crippen molar-refractivity contribution in [2.45, 2.75) is 0 Å². The molecule has 3 N–H and O–H groups in total. The van der Waals surface area contributed by atoms with Crippen LogP contribution >= 0.6 is 15.9 Å². The molecule has 0 fully saturated rings. The Kier molecular flexibility index (Phi) is 1.92. The topological polar surface area (TPSA) is 85.9 Å². The number of carbonyl (C=O) groups is 1. The number of nitrogens with one attached hydrogen (secondary N) is 2. The predicted molar refractivity (Wildman–Crippen MR) is 53.6 cm³/mol. The predicted octanol–water partition coefficient (Wildman–Crippen LogP) is 1.32. The lowest BCUT2D eigenvalue weighted by molar-refractivity contribution is 0.0699. The van der Waals surface area contributed by atoms with Crippen LogP contribution in [0.25, 0.3) is 11.0 Å². The summed E-state index contributed by atoms with van der Waals surface area (Å²) in [6.45, 7) is 0. The van der Waals surface area contributed by atoms with Gasteiger partial charge in [-0.3, -0.25) is 0 Å². The van der Waals surface area contributed by atoms with E-state index in [0.717, 1.165) is 0 Å². The van der Waals surface area contributed by atoms with Crippen LogP contribution in [0.4, 0.5) is 0 Å². The molecular formula is C8H5BrN2O3. The van der Waals surface area contributed by atoms with Crippen molar-refractivity contribution >= 4 is 32.9 Å². The Labute approximate surface area is 85.9 Å². The highest BCUT2D eigenvalue weighted by Crippen LogP contribution is 2.20. The molecular weight excluding hydrogens is 252 g/mol. The minimum Gasteiger partial charge on any atom is -0.478 e. The van der Waals surface area contributed by atoms with Gasteiger partial charge >= 0.3 is 11.7 Å². The Balaban J connectivity index is 2.92. The molecule has 0 unspecified atom stereocenters. The number of carboxylic acids is 1. The van der Waals surface area contributed by atoms with E-state index in [1.54, 1.807) is 6.07 Å². The fourth-order valence-electron chi connectivity index (χ4n) is 1.28. The monoisotopic (exact) mass is 256 g/mol. The Hall–Kier alpha value is -1.56. The number of imidazole rings is 1. The van der Waals surface area contributed by atoms with Crippen molar-refractivity contribution in [3.8, 4) is 0 Å². The molecule has 1 heterocycles. The van der Waals surface area contributed by atoms with Crippen LogP contribution in [0.2, 0.25) is 0 Å². The summed E-state index contributed by atoms with van der Waals surface area (Å²) in [5.41, 5.74) is 0.431. The van der Waals surface area contributed by atoms with E-state index in [1.165, 1.54) is 6.07 Å². The van der Waals surface area contributed by atoms with E-state index in [2.05, 4.69) is 25.9 Å². The molecule has 0 radical (unpaired) electrons. The molecule has 0 saturated carbocycles. The Bertz CT molecular complexity index is 569. The summed E-state index contributed by atoms with van der Waals surface area (Å²) in [7, 11) is 0. The first-order valence-corrected chi connectivity index (χ1v) is 4.52. The zero-order valence-corrected chi connectivity index (χ0v) is 8.38. The van der Waals surface area contributed by atoms with Crippen LogP contribution in [0, 0.1) is 0 Å². The van der Waals surface area contributed by atoms with E-state index < -0.39 is 11.7 Å². The van der Waals surface area contributed by atoms with Crippen LogP contribution in [0.15, 0.2) is 21.4 Å². The number of rotatable bonds is 1. The fourth-order valence-corrected chi connectivity index (χ4v) is 1.73. The van der Waals surface area contributed by atoms with Gasteiger partial charge < -0.3 is 15.1 Å². The molecule has 1 aromatic carbocycles. The molecule has 0 saturated heterocycles. The highest BCUT2D eigenvalue weighted by molar-refractivity contribution is 9.10. The van der Waals surface area contributed by atoms with Gasteiger partial charge in [0, 0.05) is 4.47 Å². The maximum absolute atomic E-state index is 11.0. The zero-order valence-electron chi connectivity index (χ0n) is 6.80. The maximum Gasteiger partial charge on any atom is 0.337 e. The van der Waals surface area contributed by atoms with Crippen LogP contribution < -0.4 is 5.69 Å². The Morgan fingerprint density at radius 2 is 2.07 bits per heavy atom. The molecule has 6 heteroatoms.